The van der Waals surface area contributed by atoms with Crippen molar-refractivity contribution < 1.29 is 4.74 Å². The summed E-state index contributed by atoms with van der Waals surface area (Å²) in [5.41, 5.74) is 1.08. The van der Waals surface area contributed by atoms with Gasteiger partial charge in [0.1, 0.15) is 11.4 Å². The Labute approximate surface area is 148 Å². The maximum Gasteiger partial charge on any atom is 0.149 e. The van der Waals surface area contributed by atoms with Gasteiger partial charge in [-0.15, -0.1) is 0 Å². The van der Waals surface area contributed by atoms with E-state index in [0.717, 1.165) is 18.6 Å². The van der Waals surface area contributed by atoms with E-state index in [4.69, 9.17) is 4.74 Å². The van der Waals surface area contributed by atoms with Crippen molar-refractivity contribution in [1.29, 1.82) is 0 Å². The van der Waals surface area contributed by atoms with Gasteiger partial charge in [-0.1, -0.05) is 76.0 Å². The second-order valence-electron chi connectivity index (χ2n) is 6.69. The van der Waals surface area contributed by atoms with Crippen molar-refractivity contribution in [2.45, 2.75) is 70.8 Å². The van der Waals surface area contributed by atoms with Gasteiger partial charge in [0.05, 0.1) is 0 Å². The summed E-state index contributed by atoms with van der Waals surface area (Å²) in [6.07, 6.45) is 22.6. The van der Waals surface area contributed by atoms with Gasteiger partial charge in [0.15, 0.2) is 0 Å². The molecule has 0 aliphatic heterocycles. The normalized spacial score (nSPS) is 19.9. The molecule has 1 nitrogen and oxygen atoms in total. The molecule has 0 aromatic heterocycles. The maximum absolute atomic E-state index is 6.36. The first-order valence-corrected chi connectivity index (χ1v) is 9.58. The van der Waals surface area contributed by atoms with Crippen molar-refractivity contribution in [2.24, 2.45) is 0 Å². The third kappa shape index (κ3) is 6.03. The van der Waals surface area contributed by atoms with Gasteiger partial charge < -0.3 is 4.74 Å². The SMILES string of the molecule is CCC/C=C/C1(Oc2ccc(CCCCCC)cc2)C=CC=CC1. The van der Waals surface area contributed by atoms with Gasteiger partial charge in [-0.05, 0) is 49.1 Å². The summed E-state index contributed by atoms with van der Waals surface area (Å²) in [5, 5.41) is 0. The first-order valence-electron chi connectivity index (χ1n) is 9.58. The molecule has 0 N–H and O–H groups in total. The van der Waals surface area contributed by atoms with E-state index in [1.165, 1.54) is 44.1 Å². The van der Waals surface area contributed by atoms with Crippen molar-refractivity contribution in [3.05, 3.63) is 66.3 Å². The van der Waals surface area contributed by atoms with Crippen LogP contribution in [0.15, 0.2) is 60.7 Å². The minimum Gasteiger partial charge on any atom is -0.479 e. The lowest BCUT2D eigenvalue weighted by Gasteiger charge is -2.29. The van der Waals surface area contributed by atoms with Crippen LogP contribution in [0.4, 0.5) is 0 Å². The van der Waals surface area contributed by atoms with Crippen molar-refractivity contribution in [3.8, 4) is 5.75 Å². The summed E-state index contributed by atoms with van der Waals surface area (Å²) in [6, 6.07) is 8.67. The average Bonchev–Trinajstić information content (AvgIpc) is 2.61. The van der Waals surface area contributed by atoms with Crippen molar-refractivity contribution in [2.75, 3.05) is 0 Å². The van der Waals surface area contributed by atoms with Crippen LogP contribution in [0.25, 0.3) is 0 Å². The van der Waals surface area contributed by atoms with Crippen molar-refractivity contribution in [1.82, 2.24) is 0 Å². The highest BCUT2D eigenvalue weighted by Crippen LogP contribution is 2.28. The number of benzene rings is 1. The molecule has 0 radical (unpaired) electrons. The molecule has 130 valence electrons. The third-order valence-electron chi connectivity index (χ3n) is 4.47. The molecule has 1 atom stereocenters. The van der Waals surface area contributed by atoms with Crippen LogP contribution < -0.4 is 4.74 Å². The number of unbranched alkanes of at least 4 members (excludes halogenated alkanes) is 4. The zero-order chi connectivity index (χ0) is 17.1. The Morgan fingerprint density at radius 3 is 2.50 bits per heavy atom. The Morgan fingerprint density at radius 1 is 1.00 bits per heavy atom. The highest BCUT2D eigenvalue weighted by atomic mass is 16.5. The minimum absolute atomic E-state index is 0.327. The molecule has 1 heteroatoms. The molecule has 1 aliphatic rings. The van der Waals surface area contributed by atoms with Gasteiger partial charge in [-0.25, -0.2) is 0 Å². The van der Waals surface area contributed by atoms with Crippen LogP contribution in [0.2, 0.25) is 0 Å². The molecule has 1 aromatic rings. The molecule has 0 spiro atoms. The number of aryl methyl sites for hydroxylation is 1. The first-order chi connectivity index (χ1) is 11.8. The lowest BCUT2D eigenvalue weighted by atomic mass is 9.94. The maximum atomic E-state index is 6.36. The van der Waals surface area contributed by atoms with Gasteiger partial charge in [-0.3, -0.25) is 0 Å². The van der Waals surface area contributed by atoms with E-state index in [9.17, 15) is 0 Å². The van der Waals surface area contributed by atoms with E-state index in [0.29, 0.717) is 0 Å². The topological polar surface area (TPSA) is 9.23 Å². The molecule has 1 aliphatic carbocycles. The van der Waals surface area contributed by atoms with E-state index in [1.54, 1.807) is 0 Å². The first kappa shape index (κ1) is 18.6. The molecular formula is C23H32O. The van der Waals surface area contributed by atoms with E-state index < -0.39 is 0 Å². The molecule has 0 saturated carbocycles. The van der Waals surface area contributed by atoms with Crippen LogP contribution in [0.3, 0.4) is 0 Å². The van der Waals surface area contributed by atoms with Crippen LogP contribution in [0.5, 0.6) is 5.75 Å². The summed E-state index contributed by atoms with van der Waals surface area (Å²) in [6.45, 7) is 4.46. The van der Waals surface area contributed by atoms with E-state index in [1.807, 2.05) is 0 Å². The fourth-order valence-corrected chi connectivity index (χ4v) is 3.00. The molecular weight excluding hydrogens is 292 g/mol. The Hall–Kier alpha value is -1.76. The molecule has 0 heterocycles. The second kappa shape index (κ2) is 10.2. The van der Waals surface area contributed by atoms with Crippen molar-refractivity contribution in [3.63, 3.8) is 0 Å². The minimum atomic E-state index is -0.327. The Bertz CT molecular complexity index is 550. The number of allylic oxidation sites excluding steroid dienone is 3. The van der Waals surface area contributed by atoms with Crippen LogP contribution in [0.1, 0.15) is 64.4 Å². The average molecular weight is 325 g/mol. The summed E-state index contributed by atoms with van der Waals surface area (Å²) in [4.78, 5) is 0. The van der Waals surface area contributed by atoms with Gasteiger partial charge >= 0.3 is 0 Å². The molecule has 1 unspecified atom stereocenters. The van der Waals surface area contributed by atoms with E-state index in [2.05, 4.69) is 74.6 Å². The predicted octanol–water partition coefficient (Wildman–Crippen LogP) is 6.80. The number of ether oxygens (including phenoxy) is 1. The Balaban J connectivity index is 1.96. The van der Waals surface area contributed by atoms with Gasteiger partial charge in [0.2, 0.25) is 0 Å². The second-order valence-corrected chi connectivity index (χ2v) is 6.69. The van der Waals surface area contributed by atoms with E-state index in [-0.39, 0.29) is 5.60 Å². The summed E-state index contributed by atoms with van der Waals surface area (Å²) in [5.74, 6) is 0.952. The monoisotopic (exact) mass is 324 g/mol. The largest absolute Gasteiger partial charge is 0.479 e. The molecule has 0 bridgehead atoms. The molecule has 0 saturated heterocycles. The number of hydrogen-bond acceptors (Lipinski definition) is 1. The fraction of sp³-hybridized carbons (Fsp3) is 0.478. The summed E-state index contributed by atoms with van der Waals surface area (Å²) >= 11 is 0. The quantitative estimate of drug-likeness (QED) is 0.340. The Morgan fingerprint density at radius 2 is 1.83 bits per heavy atom. The van der Waals surface area contributed by atoms with Crippen LogP contribution in [-0.2, 0) is 6.42 Å². The van der Waals surface area contributed by atoms with Crippen LogP contribution >= 0.6 is 0 Å². The van der Waals surface area contributed by atoms with Crippen LogP contribution in [0, 0.1) is 0 Å². The molecule has 2 rings (SSSR count). The smallest absolute Gasteiger partial charge is 0.149 e. The molecule has 24 heavy (non-hydrogen) atoms. The Kier molecular flexibility index (Phi) is 7.88. The van der Waals surface area contributed by atoms with E-state index >= 15 is 0 Å². The summed E-state index contributed by atoms with van der Waals surface area (Å²) in [7, 11) is 0. The molecule has 0 fully saturated rings. The van der Waals surface area contributed by atoms with Crippen LogP contribution in [-0.4, -0.2) is 5.60 Å². The van der Waals surface area contributed by atoms with Gasteiger partial charge in [0.25, 0.3) is 0 Å². The zero-order valence-corrected chi connectivity index (χ0v) is 15.3. The number of rotatable bonds is 10. The predicted molar refractivity (Wildman–Crippen MR) is 105 cm³/mol. The fourth-order valence-electron chi connectivity index (χ4n) is 3.00. The highest BCUT2D eigenvalue weighted by Gasteiger charge is 2.26. The lowest BCUT2D eigenvalue weighted by Crippen LogP contribution is -2.31. The van der Waals surface area contributed by atoms with Crippen molar-refractivity contribution >= 4 is 0 Å². The zero-order valence-electron chi connectivity index (χ0n) is 15.3. The van der Waals surface area contributed by atoms with Gasteiger partial charge in [0, 0.05) is 6.42 Å². The highest BCUT2D eigenvalue weighted by molar-refractivity contribution is 5.33. The lowest BCUT2D eigenvalue weighted by molar-refractivity contribution is 0.173. The number of hydrogen-bond donors (Lipinski definition) is 0. The standard InChI is InChI=1S/C23H32O/c1-3-5-7-9-13-21-14-16-22(17-15-21)24-23(18-10-6-4-2)19-11-8-12-20-23/h8,10-12,14-19H,3-7,9,13,20H2,1-2H3/b18-10+. The van der Waals surface area contributed by atoms with Gasteiger partial charge in [-0.2, -0.15) is 0 Å². The third-order valence-corrected chi connectivity index (χ3v) is 4.47. The molecule has 0 amide bonds. The molecule has 1 aromatic carbocycles. The summed E-state index contributed by atoms with van der Waals surface area (Å²) < 4.78 is 6.36.